The van der Waals surface area contributed by atoms with Crippen LogP contribution in [0.2, 0.25) is 0 Å². The average Bonchev–Trinajstić information content (AvgIpc) is 3.26. The van der Waals surface area contributed by atoms with Crippen LogP contribution in [0.5, 0.6) is 5.75 Å². The van der Waals surface area contributed by atoms with Crippen LogP contribution in [0.25, 0.3) is 0 Å². The Hall–Kier alpha value is -3.26. The van der Waals surface area contributed by atoms with Gasteiger partial charge in [-0.2, -0.15) is 0 Å². The van der Waals surface area contributed by atoms with Crippen LogP contribution < -0.4 is 10.1 Å². The monoisotopic (exact) mass is 425 g/mol. The second-order valence-corrected chi connectivity index (χ2v) is 8.23. The van der Waals surface area contributed by atoms with Crippen LogP contribution in [0.1, 0.15) is 28.8 Å². The van der Waals surface area contributed by atoms with Crippen molar-refractivity contribution in [3.05, 3.63) is 81.6 Å². The first kappa shape index (κ1) is 20.0. The first-order chi connectivity index (χ1) is 14.3. The van der Waals surface area contributed by atoms with Crippen LogP contribution >= 0.6 is 11.3 Å². The number of aryl methyl sites for hydroxylation is 1. The number of nitrogens with zero attached hydrogens (tertiary/aromatic N) is 2. The highest BCUT2D eigenvalue weighted by Crippen LogP contribution is 2.30. The van der Waals surface area contributed by atoms with Gasteiger partial charge >= 0.3 is 6.03 Å². The van der Waals surface area contributed by atoms with Gasteiger partial charge in [0.05, 0.1) is 12.2 Å². The number of carbonyl (C=O) groups is 2. The highest BCUT2D eigenvalue weighted by molar-refractivity contribution is 7.09. The molecule has 1 aromatic heterocycles. The molecule has 2 aromatic carbocycles. The average molecular weight is 425 g/mol. The number of rotatable bonds is 6. The molecule has 1 unspecified atom stereocenters. The molecule has 8 heteroatoms. The van der Waals surface area contributed by atoms with Crippen molar-refractivity contribution in [1.82, 2.24) is 15.2 Å². The van der Waals surface area contributed by atoms with Crippen molar-refractivity contribution in [3.8, 4) is 5.75 Å². The summed E-state index contributed by atoms with van der Waals surface area (Å²) in [7, 11) is 0. The topological polar surface area (TPSA) is 71.5 Å². The second-order valence-electron chi connectivity index (χ2n) is 7.29. The highest BCUT2D eigenvalue weighted by atomic mass is 32.1. The predicted octanol–water partition coefficient (Wildman–Crippen LogP) is 4.14. The van der Waals surface area contributed by atoms with Crippen molar-refractivity contribution in [3.63, 3.8) is 0 Å². The zero-order valence-electron chi connectivity index (χ0n) is 16.5. The van der Waals surface area contributed by atoms with Crippen molar-refractivity contribution in [2.24, 2.45) is 0 Å². The standard InChI is InChI=1S/C22H20FN3O3S/c1-14-3-9-18(10-4-14)29-12-19-24-17(13-30-19)11-26-20(27)22(2,25-21(26)28)15-5-7-16(23)8-6-15/h3-10,13H,11-12H2,1-2H3,(H,25,28). The summed E-state index contributed by atoms with van der Waals surface area (Å²) < 4.78 is 19.0. The molecule has 1 aliphatic heterocycles. The van der Waals surface area contributed by atoms with Crippen molar-refractivity contribution in [1.29, 1.82) is 0 Å². The Bertz CT molecular complexity index is 1080. The van der Waals surface area contributed by atoms with Crippen LogP contribution in [-0.4, -0.2) is 21.8 Å². The van der Waals surface area contributed by atoms with Crippen molar-refractivity contribution in [2.45, 2.75) is 32.5 Å². The fourth-order valence-corrected chi connectivity index (χ4v) is 3.95. The number of nitrogens with one attached hydrogen (secondary N) is 1. The molecule has 154 valence electrons. The van der Waals surface area contributed by atoms with E-state index in [1.165, 1.54) is 35.6 Å². The molecule has 0 radical (unpaired) electrons. The molecule has 1 atom stereocenters. The Labute approximate surface area is 177 Å². The van der Waals surface area contributed by atoms with Gasteiger partial charge in [-0.05, 0) is 43.7 Å². The SMILES string of the molecule is Cc1ccc(OCc2nc(CN3C(=O)NC(C)(c4ccc(F)cc4)C3=O)cs2)cc1. The summed E-state index contributed by atoms with van der Waals surface area (Å²) in [6, 6.07) is 12.8. The van der Waals surface area contributed by atoms with E-state index in [0.29, 0.717) is 17.9 Å². The molecule has 3 aromatic rings. The molecule has 1 fully saturated rings. The van der Waals surface area contributed by atoms with Gasteiger partial charge in [-0.1, -0.05) is 29.8 Å². The van der Waals surface area contributed by atoms with Crippen molar-refractivity contribution >= 4 is 23.3 Å². The Morgan fingerprint density at radius 1 is 1.13 bits per heavy atom. The molecular formula is C22H20FN3O3S. The van der Waals surface area contributed by atoms with E-state index >= 15 is 0 Å². The zero-order valence-corrected chi connectivity index (χ0v) is 17.3. The van der Waals surface area contributed by atoms with E-state index in [4.69, 9.17) is 4.74 Å². The molecule has 3 amide bonds. The fraction of sp³-hybridized carbons (Fsp3) is 0.227. The largest absolute Gasteiger partial charge is 0.486 e. The van der Waals surface area contributed by atoms with Crippen LogP contribution in [0.15, 0.2) is 53.9 Å². The van der Waals surface area contributed by atoms with E-state index in [1.54, 1.807) is 6.92 Å². The molecule has 30 heavy (non-hydrogen) atoms. The minimum absolute atomic E-state index is 0.0580. The number of imide groups is 1. The number of carbonyl (C=O) groups excluding carboxylic acids is 2. The van der Waals surface area contributed by atoms with Crippen LogP contribution in [0, 0.1) is 12.7 Å². The Morgan fingerprint density at radius 2 is 1.83 bits per heavy atom. The third-order valence-electron chi connectivity index (χ3n) is 5.00. The molecule has 1 aliphatic rings. The first-order valence-electron chi connectivity index (χ1n) is 9.38. The van der Waals surface area contributed by atoms with Gasteiger partial charge in [-0.15, -0.1) is 11.3 Å². The van der Waals surface area contributed by atoms with E-state index in [1.807, 2.05) is 36.6 Å². The van der Waals surface area contributed by atoms with Gasteiger partial charge in [-0.3, -0.25) is 9.69 Å². The molecule has 6 nitrogen and oxygen atoms in total. The maximum Gasteiger partial charge on any atom is 0.325 e. The molecule has 2 heterocycles. The zero-order chi connectivity index (χ0) is 21.3. The number of hydrogen-bond acceptors (Lipinski definition) is 5. The summed E-state index contributed by atoms with van der Waals surface area (Å²) in [6.45, 7) is 3.99. The quantitative estimate of drug-likeness (QED) is 0.603. The van der Waals surface area contributed by atoms with Gasteiger partial charge in [0.25, 0.3) is 5.91 Å². The number of hydrogen-bond donors (Lipinski definition) is 1. The lowest BCUT2D eigenvalue weighted by Crippen LogP contribution is -2.40. The lowest BCUT2D eigenvalue weighted by molar-refractivity contribution is -0.131. The van der Waals surface area contributed by atoms with Gasteiger partial charge in [-0.25, -0.2) is 14.2 Å². The van der Waals surface area contributed by atoms with Gasteiger partial charge in [0.2, 0.25) is 0 Å². The van der Waals surface area contributed by atoms with Gasteiger partial charge in [0.1, 0.15) is 28.7 Å². The molecular weight excluding hydrogens is 405 g/mol. The normalized spacial score (nSPS) is 18.6. The van der Waals surface area contributed by atoms with E-state index in [0.717, 1.165) is 21.2 Å². The minimum atomic E-state index is -1.24. The molecule has 0 bridgehead atoms. The number of benzene rings is 2. The summed E-state index contributed by atoms with van der Waals surface area (Å²) in [5.41, 5.74) is 1.04. The summed E-state index contributed by atoms with van der Waals surface area (Å²) >= 11 is 1.41. The second kappa shape index (κ2) is 7.87. The maximum absolute atomic E-state index is 13.2. The number of urea groups is 1. The lowest BCUT2D eigenvalue weighted by Gasteiger charge is -2.22. The van der Waals surface area contributed by atoms with Crippen molar-refractivity contribution < 1.29 is 18.7 Å². The molecule has 1 N–H and O–H groups in total. The van der Waals surface area contributed by atoms with Crippen LogP contribution in [-0.2, 0) is 23.5 Å². The van der Waals surface area contributed by atoms with Crippen molar-refractivity contribution in [2.75, 3.05) is 0 Å². The van der Waals surface area contributed by atoms with Crippen LogP contribution in [0.4, 0.5) is 9.18 Å². The fourth-order valence-electron chi connectivity index (χ4n) is 3.25. The summed E-state index contributed by atoms with van der Waals surface area (Å²) in [5, 5.41) is 5.27. The summed E-state index contributed by atoms with van der Waals surface area (Å²) in [5.74, 6) is -0.0510. The third-order valence-corrected chi connectivity index (χ3v) is 5.87. The Morgan fingerprint density at radius 3 is 2.53 bits per heavy atom. The molecule has 1 saturated heterocycles. The van der Waals surface area contributed by atoms with Crippen LogP contribution in [0.3, 0.4) is 0 Å². The summed E-state index contributed by atoms with van der Waals surface area (Å²) in [4.78, 5) is 31.0. The molecule has 4 rings (SSSR count). The van der Waals surface area contributed by atoms with E-state index in [-0.39, 0.29) is 6.54 Å². The van der Waals surface area contributed by atoms with E-state index < -0.39 is 23.3 Å². The maximum atomic E-state index is 13.2. The number of aromatic nitrogens is 1. The smallest absolute Gasteiger partial charge is 0.325 e. The predicted molar refractivity (Wildman–Crippen MR) is 110 cm³/mol. The van der Waals surface area contributed by atoms with Gasteiger partial charge in [0, 0.05) is 5.38 Å². The number of halogens is 1. The number of thiazole rings is 1. The molecule has 0 saturated carbocycles. The summed E-state index contributed by atoms with van der Waals surface area (Å²) in [6.07, 6.45) is 0. The Balaban J connectivity index is 1.43. The van der Waals surface area contributed by atoms with Gasteiger partial charge < -0.3 is 10.1 Å². The third kappa shape index (κ3) is 3.91. The minimum Gasteiger partial charge on any atom is -0.486 e. The van der Waals surface area contributed by atoms with E-state index in [9.17, 15) is 14.0 Å². The number of ether oxygens (including phenoxy) is 1. The molecule has 0 spiro atoms. The Kier molecular flexibility index (Phi) is 5.26. The first-order valence-corrected chi connectivity index (χ1v) is 10.3. The van der Waals surface area contributed by atoms with E-state index in [2.05, 4.69) is 10.3 Å². The lowest BCUT2D eigenvalue weighted by atomic mass is 9.92. The highest BCUT2D eigenvalue weighted by Gasteiger charge is 2.49. The van der Waals surface area contributed by atoms with Gasteiger partial charge in [0.15, 0.2) is 0 Å². The molecule has 0 aliphatic carbocycles. The number of amides is 3.